The molecular weight excluding hydrogens is 292 g/mol. The molecule has 2 aromatic heterocycles. The third-order valence-electron chi connectivity index (χ3n) is 4.68. The molecule has 0 spiro atoms. The predicted octanol–water partition coefficient (Wildman–Crippen LogP) is 2.75. The molecule has 7 heteroatoms. The Morgan fingerprint density at radius 1 is 1.35 bits per heavy atom. The van der Waals surface area contributed by atoms with Crippen molar-refractivity contribution in [3.8, 4) is 0 Å². The van der Waals surface area contributed by atoms with Gasteiger partial charge in [0.2, 0.25) is 5.89 Å². The lowest BCUT2D eigenvalue weighted by atomic mass is 9.95. The second-order valence-corrected chi connectivity index (χ2v) is 6.60. The minimum atomic E-state index is 0.140. The number of aromatic nitrogens is 5. The number of hydrogen-bond acceptors (Lipinski definition) is 6. The topological polar surface area (TPSA) is 72.9 Å². The lowest BCUT2D eigenvalue weighted by Crippen LogP contribution is -2.37. The van der Waals surface area contributed by atoms with E-state index in [-0.39, 0.29) is 6.04 Å². The normalized spacial score (nSPS) is 21.0. The van der Waals surface area contributed by atoms with Crippen LogP contribution in [0.4, 0.5) is 0 Å². The Hall–Kier alpha value is -1.76. The summed E-state index contributed by atoms with van der Waals surface area (Å²) in [7, 11) is 0. The summed E-state index contributed by atoms with van der Waals surface area (Å²) in [6, 6.07) is 0.525. The van der Waals surface area contributed by atoms with Crippen LogP contribution in [0.3, 0.4) is 0 Å². The van der Waals surface area contributed by atoms with Crippen LogP contribution in [0.1, 0.15) is 76.1 Å². The molecular formula is C16H26N6O. The maximum Gasteiger partial charge on any atom is 0.243 e. The Morgan fingerprint density at radius 2 is 2.17 bits per heavy atom. The first-order chi connectivity index (χ1) is 11.1. The zero-order valence-electron chi connectivity index (χ0n) is 14.4. The van der Waals surface area contributed by atoms with Gasteiger partial charge in [-0.25, -0.2) is 0 Å². The number of rotatable bonds is 5. The predicted molar refractivity (Wildman–Crippen MR) is 86.0 cm³/mol. The van der Waals surface area contributed by atoms with Gasteiger partial charge < -0.3 is 9.09 Å². The smallest absolute Gasteiger partial charge is 0.243 e. The maximum absolute atomic E-state index is 5.42. The number of piperidine rings is 1. The molecule has 0 aromatic carbocycles. The molecule has 0 unspecified atom stereocenters. The van der Waals surface area contributed by atoms with Crippen LogP contribution in [0, 0.1) is 0 Å². The van der Waals surface area contributed by atoms with Crippen molar-refractivity contribution in [1.82, 2.24) is 29.8 Å². The molecule has 3 rings (SSSR count). The Kier molecular flexibility index (Phi) is 4.75. The molecule has 0 amide bonds. The van der Waals surface area contributed by atoms with Crippen molar-refractivity contribution in [2.24, 2.45) is 0 Å². The van der Waals surface area contributed by atoms with E-state index in [1.807, 2.05) is 13.3 Å². The molecule has 2 aromatic rings. The molecule has 126 valence electrons. The monoisotopic (exact) mass is 318 g/mol. The molecule has 1 fully saturated rings. The second kappa shape index (κ2) is 6.78. The van der Waals surface area contributed by atoms with E-state index in [9.17, 15) is 0 Å². The molecule has 0 N–H and O–H groups in total. The number of nitrogens with zero attached hydrogens (tertiary/aromatic N) is 6. The average Bonchev–Trinajstić information content (AvgIpc) is 3.23. The first-order valence-corrected chi connectivity index (χ1v) is 8.56. The van der Waals surface area contributed by atoms with Crippen LogP contribution in [0.25, 0.3) is 0 Å². The summed E-state index contributed by atoms with van der Waals surface area (Å²) in [5.41, 5.74) is 0. The summed E-state index contributed by atoms with van der Waals surface area (Å²) in [5.74, 6) is 2.99. The van der Waals surface area contributed by atoms with Crippen LogP contribution < -0.4 is 0 Å². The molecule has 7 nitrogen and oxygen atoms in total. The summed E-state index contributed by atoms with van der Waals surface area (Å²) in [6.45, 7) is 10.5. The summed E-state index contributed by atoms with van der Waals surface area (Å²) in [4.78, 5) is 6.90. The zero-order valence-corrected chi connectivity index (χ0v) is 14.4. The van der Waals surface area contributed by atoms with Gasteiger partial charge in [0.1, 0.15) is 12.2 Å². The summed E-state index contributed by atoms with van der Waals surface area (Å²) in [5, 5.41) is 12.5. The van der Waals surface area contributed by atoms with Crippen LogP contribution in [0.15, 0.2) is 10.9 Å². The molecule has 1 aliphatic rings. The number of likely N-dealkylation sites (tertiary alicyclic amines) is 1. The maximum atomic E-state index is 5.42. The van der Waals surface area contributed by atoms with Crippen molar-refractivity contribution < 1.29 is 4.52 Å². The van der Waals surface area contributed by atoms with E-state index in [4.69, 9.17) is 4.52 Å². The molecule has 0 saturated carbocycles. The largest absolute Gasteiger partial charge is 0.338 e. The van der Waals surface area contributed by atoms with Gasteiger partial charge in [0.15, 0.2) is 5.82 Å². The van der Waals surface area contributed by atoms with Crippen molar-refractivity contribution >= 4 is 0 Å². The third kappa shape index (κ3) is 3.29. The van der Waals surface area contributed by atoms with Gasteiger partial charge in [-0.15, -0.1) is 10.2 Å². The molecule has 1 aliphatic heterocycles. The fraction of sp³-hybridized carbons (Fsp3) is 0.750. The van der Waals surface area contributed by atoms with E-state index in [1.54, 1.807) is 0 Å². The molecule has 23 heavy (non-hydrogen) atoms. The lowest BCUT2D eigenvalue weighted by molar-refractivity contribution is 0.129. The molecule has 0 aliphatic carbocycles. The minimum absolute atomic E-state index is 0.140. The lowest BCUT2D eigenvalue weighted by Gasteiger charge is -2.35. The minimum Gasteiger partial charge on any atom is -0.338 e. The quantitative estimate of drug-likeness (QED) is 0.844. The van der Waals surface area contributed by atoms with Crippen molar-refractivity contribution in [3.63, 3.8) is 0 Å². The van der Waals surface area contributed by atoms with E-state index in [2.05, 4.69) is 50.6 Å². The van der Waals surface area contributed by atoms with Crippen molar-refractivity contribution in [3.05, 3.63) is 23.9 Å². The van der Waals surface area contributed by atoms with Crippen molar-refractivity contribution in [2.75, 3.05) is 13.1 Å². The first-order valence-electron chi connectivity index (χ1n) is 8.56. The number of hydrogen-bond donors (Lipinski definition) is 0. The van der Waals surface area contributed by atoms with Gasteiger partial charge in [0.25, 0.3) is 0 Å². The summed E-state index contributed by atoms with van der Waals surface area (Å²) < 4.78 is 7.60. The summed E-state index contributed by atoms with van der Waals surface area (Å²) >= 11 is 0. The van der Waals surface area contributed by atoms with Gasteiger partial charge in [0.05, 0.1) is 6.04 Å². The van der Waals surface area contributed by atoms with Crippen LogP contribution in [0.2, 0.25) is 0 Å². The number of aryl methyl sites for hydroxylation is 1. The summed E-state index contributed by atoms with van der Waals surface area (Å²) in [6.07, 6.45) is 4.94. The molecule has 3 heterocycles. The highest BCUT2D eigenvalue weighted by Crippen LogP contribution is 2.31. The highest BCUT2D eigenvalue weighted by molar-refractivity contribution is 5.03. The van der Waals surface area contributed by atoms with E-state index in [0.717, 1.165) is 44.0 Å². The van der Waals surface area contributed by atoms with Crippen molar-refractivity contribution in [1.29, 1.82) is 0 Å². The van der Waals surface area contributed by atoms with Gasteiger partial charge in [-0.1, -0.05) is 12.1 Å². The molecule has 2 atom stereocenters. The van der Waals surface area contributed by atoms with Gasteiger partial charge >= 0.3 is 0 Å². The van der Waals surface area contributed by atoms with Crippen LogP contribution in [0.5, 0.6) is 0 Å². The fourth-order valence-electron chi connectivity index (χ4n) is 3.25. The van der Waals surface area contributed by atoms with Crippen LogP contribution in [-0.2, 0) is 6.42 Å². The fourth-order valence-corrected chi connectivity index (χ4v) is 3.25. The third-order valence-corrected chi connectivity index (χ3v) is 4.68. The van der Waals surface area contributed by atoms with Crippen molar-refractivity contribution in [2.45, 2.75) is 65.0 Å². The Morgan fingerprint density at radius 3 is 2.87 bits per heavy atom. The SMILES string of the molecule is CCc1noc([C@H](C)N2CCC[C@@H](c3nncn3C(C)C)C2)n1. The van der Waals surface area contributed by atoms with Gasteiger partial charge in [-0.05, 0) is 40.2 Å². The van der Waals surface area contributed by atoms with E-state index < -0.39 is 0 Å². The second-order valence-electron chi connectivity index (χ2n) is 6.60. The van der Waals surface area contributed by atoms with Gasteiger partial charge in [0, 0.05) is 24.9 Å². The highest BCUT2D eigenvalue weighted by Gasteiger charge is 2.30. The standard InChI is InChI=1S/C16H26N6O/c1-5-14-18-16(23-20-14)12(4)21-8-6-7-13(9-21)15-19-17-10-22(15)11(2)3/h10-13H,5-9H2,1-4H3/t12-,13+/m0/s1. The van der Waals surface area contributed by atoms with Crippen LogP contribution >= 0.6 is 0 Å². The van der Waals surface area contributed by atoms with Crippen LogP contribution in [-0.4, -0.2) is 42.9 Å². The van der Waals surface area contributed by atoms with E-state index in [1.165, 1.54) is 0 Å². The average molecular weight is 318 g/mol. The van der Waals surface area contributed by atoms with E-state index >= 15 is 0 Å². The Labute approximate surface area is 137 Å². The molecule has 0 radical (unpaired) electrons. The Bertz CT molecular complexity index is 634. The van der Waals surface area contributed by atoms with Gasteiger partial charge in [-0.2, -0.15) is 4.98 Å². The zero-order chi connectivity index (χ0) is 16.4. The highest BCUT2D eigenvalue weighted by atomic mass is 16.5. The molecule has 0 bridgehead atoms. The van der Waals surface area contributed by atoms with E-state index in [0.29, 0.717) is 17.9 Å². The first kappa shape index (κ1) is 16.1. The Balaban J connectivity index is 1.74. The van der Waals surface area contributed by atoms with Gasteiger partial charge in [-0.3, -0.25) is 4.90 Å². The molecule has 1 saturated heterocycles.